The number of nitrogens with zero attached hydrogens (tertiary/aromatic N) is 4. The Kier molecular flexibility index (Phi) is 9.86. The Labute approximate surface area is 207 Å². The second-order valence-electron chi connectivity index (χ2n) is 12.6. The highest BCUT2D eigenvalue weighted by Gasteiger charge is 2.52. The molecule has 0 saturated carbocycles. The third-order valence-corrected chi connectivity index (χ3v) is 15.1. The summed E-state index contributed by atoms with van der Waals surface area (Å²) >= 11 is 0. The van der Waals surface area contributed by atoms with Gasteiger partial charge in [0, 0.05) is 69.6 Å². The van der Waals surface area contributed by atoms with Gasteiger partial charge in [-0.15, -0.1) is 0 Å². The zero-order chi connectivity index (χ0) is 25.2. The first-order valence-electron chi connectivity index (χ1n) is 12.7. The number of hydrogen-bond acceptors (Lipinski definition) is 5. The minimum absolute atomic E-state index is 0.142. The van der Waals surface area contributed by atoms with E-state index in [-0.39, 0.29) is 18.2 Å². The lowest BCUT2D eigenvalue weighted by Gasteiger charge is -2.53. The van der Waals surface area contributed by atoms with Gasteiger partial charge in [0.1, 0.15) is 0 Å². The molecular formula is C23H52N4O3Si3. The Morgan fingerprint density at radius 3 is 1.61 bits per heavy atom. The van der Waals surface area contributed by atoms with Crippen LogP contribution in [0.5, 0.6) is 0 Å². The molecule has 0 aromatic heterocycles. The number of carbonyl (C=O) groups excluding carboxylic acids is 1. The molecule has 194 valence electrons. The summed E-state index contributed by atoms with van der Waals surface area (Å²) in [6.45, 7) is 22.0. The Bertz CT molecular complexity index is 616. The average Bonchev–Trinajstić information content (AvgIpc) is 2.98. The van der Waals surface area contributed by atoms with Gasteiger partial charge >= 0.3 is 14.6 Å². The Balaban J connectivity index is 2.45. The summed E-state index contributed by atoms with van der Waals surface area (Å²) in [6.07, 6.45) is 0.255. The highest BCUT2D eigenvalue weighted by Crippen LogP contribution is 2.37. The molecule has 2 rings (SSSR count). The number of carbonyl (C=O) groups is 1. The molecule has 0 spiro atoms. The minimum atomic E-state index is -2.31. The van der Waals surface area contributed by atoms with Crippen LogP contribution in [0.3, 0.4) is 0 Å². The molecule has 0 radical (unpaired) electrons. The second kappa shape index (κ2) is 11.2. The molecule has 2 saturated heterocycles. The number of amides is 2. The zero-order valence-electron chi connectivity index (χ0n) is 23.4. The van der Waals surface area contributed by atoms with E-state index in [4.69, 9.17) is 8.85 Å². The summed E-state index contributed by atoms with van der Waals surface area (Å²) in [5.41, 5.74) is 0.400. The van der Waals surface area contributed by atoms with Crippen LogP contribution in [-0.2, 0) is 8.85 Å². The molecule has 1 atom stereocenters. The van der Waals surface area contributed by atoms with Gasteiger partial charge in [0.15, 0.2) is 0 Å². The fourth-order valence-electron chi connectivity index (χ4n) is 5.42. The maximum Gasteiger partial charge on any atom is 0.343 e. The Hall–Kier alpha value is -0.239. The van der Waals surface area contributed by atoms with Gasteiger partial charge in [0.05, 0.1) is 12.2 Å². The van der Waals surface area contributed by atoms with Crippen molar-refractivity contribution < 1.29 is 13.6 Å². The molecule has 0 aromatic carbocycles. The molecule has 0 aliphatic carbocycles. The monoisotopic (exact) mass is 516 g/mol. The summed E-state index contributed by atoms with van der Waals surface area (Å²) in [6, 6.07) is 3.82. The van der Waals surface area contributed by atoms with Gasteiger partial charge in [-0.2, -0.15) is 0 Å². The topological polar surface area (TPSA) is 48.5 Å². The van der Waals surface area contributed by atoms with Crippen molar-refractivity contribution in [1.29, 1.82) is 0 Å². The number of rotatable bonds is 11. The fourth-order valence-corrected chi connectivity index (χ4v) is 10.4. The summed E-state index contributed by atoms with van der Waals surface area (Å²) in [5, 5.41) is 0. The van der Waals surface area contributed by atoms with Gasteiger partial charge in [-0.05, 0) is 31.2 Å². The molecule has 2 amide bonds. The van der Waals surface area contributed by atoms with Crippen molar-refractivity contribution in [1.82, 2.24) is 19.6 Å². The van der Waals surface area contributed by atoms with Crippen LogP contribution in [-0.4, -0.2) is 124 Å². The Morgan fingerprint density at radius 2 is 1.30 bits per heavy atom. The highest BCUT2D eigenvalue weighted by atomic mass is 28.4. The van der Waals surface area contributed by atoms with E-state index in [9.17, 15) is 4.79 Å². The van der Waals surface area contributed by atoms with Gasteiger partial charge in [-0.1, -0.05) is 46.2 Å². The Morgan fingerprint density at radius 1 is 0.848 bits per heavy atom. The van der Waals surface area contributed by atoms with Gasteiger partial charge in [0.2, 0.25) is 0 Å². The first-order chi connectivity index (χ1) is 15.2. The normalized spacial score (nSPS) is 26.5. The molecule has 0 aromatic rings. The number of hydrogen-bond donors (Lipinski definition) is 0. The van der Waals surface area contributed by atoms with Crippen molar-refractivity contribution >= 4 is 30.7 Å². The van der Waals surface area contributed by atoms with E-state index in [0.717, 1.165) is 38.8 Å². The molecule has 2 aliphatic heterocycles. The molecule has 2 heterocycles. The SMILES string of the molecule is CC[Si](OC)(OC)C1CN(CC[Si](C)(C)C)C(C2CN(C)C(=O)N2C)N(CC[Si](C)(C)C)C1. The third kappa shape index (κ3) is 7.14. The maximum atomic E-state index is 12.8. The van der Waals surface area contributed by atoms with Gasteiger partial charge < -0.3 is 18.7 Å². The number of urea groups is 1. The molecule has 0 bridgehead atoms. The van der Waals surface area contributed by atoms with Crippen LogP contribution in [0.2, 0.25) is 63.0 Å². The largest absolute Gasteiger partial charge is 0.397 e. The van der Waals surface area contributed by atoms with Gasteiger partial charge in [-0.25, -0.2) is 4.79 Å². The van der Waals surface area contributed by atoms with Gasteiger partial charge in [0.25, 0.3) is 0 Å². The first kappa shape index (κ1) is 29.0. The minimum Gasteiger partial charge on any atom is -0.397 e. The van der Waals surface area contributed by atoms with Crippen molar-refractivity contribution in [3.8, 4) is 0 Å². The van der Waals surface area contributed by atoms with Crippen LogP contribution in [0.4, 0.5) is 4.79 Å². The maximum absolute atomic E-state index is 12.8. The van der Waals surface area contributed by atoms with Crippen molar-refractivity contribution in [2.24, 2.45) is 0 Å². The van der Waals surface area contributed by atoms with Crippen LogP contribution in [0.1, 0.15) is 6.92 Å². The average molecular weight is 517 g/mol. The molecule has 10 heteroatoms. The summed E-state index contributed by atoms with van der Waals surface area (Å²) in [4.78, 5) is 22.1. The lowest BCUT2D eigenvalue weighted by Crippen LogP contribution is -2.67. The van der Waals surface area contributed by atoms with E-state index in [0.29, 0.717) is 5.54 Å². The van der Waals surface area contributed by atoms with Crippen LogP contribution in [0, 0.1) is 0 Å². The van der Waals surface area contributed by atoms with Crippen molar-refractivity contribution in [2.45, 2.75) is 82.1 Å². The van der Waals surface area contributed by atoms with Crippen LogP contribution in [0.15, 0.2) is 0 Å². The quantitative estimate of drug-likeness (QED) is 0.387. The van der Waals surface area contributed by atoms with E-state index < -0.39 is 24.7 Å². The molecule has 33 heavy (non-hydrogen) atoms. The lowest BCUT2D eigenvalue weighted by atomic mass is 10.1. The summed E-state index contributed by atoms with van der Waals surface area (Å²) < 4.78 is 12.4. The van der Waals surface area contributed by atoms with Crippen molar-refractivity contribution in [2.75, 3.05) is 61.0 Å². The van der Waals surface area contributed by atoms with E-state index in [2.05, 4.69) is 56.0 Å². The van der Waals surface area contributed by atoms with Crippen molar-refractivity contribution in [3.63, 3.8) is 0 Å². The molecule has 2 fully saturated rings. The van der Waals surface area contributed by atoms with E-state index in [1.807, 2.05) is 38.1 Å². The predicted molar refractivity (Wildman–Crippen MR) is 147 cm³/mol. The fraction of sp³-hybridized carbons (Fsp3) is 0.957. The summed E-state index contributed by atoms with van der Waals surface area (Å²) in [5.74, 6) is 0. The lowest BCUT2D eigenvalue weighted by molar-refractivity contribution is -0.0322. The predicted octanol–water partition coefficient (Wildman–Crippen LogP) is 4.10. The number of likely N-dealkylation sites (N-methyl/N-ethyl adjacent to an activating group) is 2. The van der Waals surface area contributed by atoms with Crippen LogP contribution >= 0.6 is 0 Å². The van der Waals surface area contributed by atoms with Crippen LogP contribution in [0.25, 0.3) is 0 Å². The third-order valence-electron chi connectivity index (χ3n) is 7.69. The molecule has 1 unspecified atom stereocenters. The second-order valence-corrected chi connectivity index (χ2v) is 27.8. The van der Waals surface area contributed by atoms with Gasteiger partial charge in [-0.3, -0.25) is 9.80 Å². The molecule has 7 nitrogen and oxygen atoms in total. The molecule has 2 aliphatic rings. The van der Waals surface area contributed by atoms with E-state index >= 15 is 0 Å². The van der Waals surface area contributed by atoms with Crippen LogP contribution < -0.4 is 0 Å². The smallest absolute Gasteiger partial charge is 0.343 e. The molecular weight excluding hydrogens is 465 g/mol. The molecule has 0 N–H and O–H groups in total. The van der Waals surface area contributed by atoms with Crippen molar-refractivity contribution in [3.05, 3.63) is 0 Å². The van der Waals surface area contributed by atoms with E-state index in [1.54, 1.807) is 0 Å². The summed E-state index contributed by atoms with van der Waals surface area (Å²) in [7, 11) is 2.89. The highest BCUT2D eigenvalue weighted by molar-refractivity contribution is 6.76. The van der Waals surface area contributed by atoms with E-state index in [1.165, 1.54) is 12.1 Å². The first-order valence-corrected chi connectivity index (χ1v) is 22.3. The zero-order valence-corrected chi connectivity index (χ0v) is 26.4. The standard InChI is InChI=1S/C23H52N4O3Si3/c1-12-33(29-4,30-5)20-17-26(13-15-31(6,7)8)22(21-19-24(2)23(28)25(21)3)27(18-20)14-16-32(9,10)11/h20-22H,12-19H2,1-11H3.